The first kappa shape index (κ1) is 29.7. The molecule has 30 heavy (non-hydrogen) atoms. The second-order valence-corrected chi connectivity index (χ2v) is 9.32. The van der Waals surface area contributed by atoms with E-state index in [-0.39, 0.29) is 10.8 Å². The summed E-state index contributed by atoms with van der Waals surface area (Å²) in [6, 6.07) is 0. The lowest BCUT2D eigenvalue weighted by Crippen LogP contribution is -2.18. The maximum absolute atomic E-state index is 5.52. The van der Waals surface area contributed by atoms with Crippen LogP contribution in [0, 0.1) is 10.8 Å². The van der Waals surface area contributed by atoms with Crippen molar-refractivity contribution in [1.82, 2.24) is 0 Å². The molecule has 0 aliphatic carbocycles. The van der Waals surface area contributed by atoms with Gasteiger partial charge < -0.3 is 28.4 Å². The fourth-order valence-electron chi connectivity index (χ4n) is 1.94. The molecule has 0 aliphatic rings. The Kier molecular flexibility index (Phi) is 19.2. The van der Waals surface area contributed by atoms with Crippen molar-refractivity contribution in [2.75, 3.05) is 92.5 Å². The minimum absolute atomic E-state index is 0.188. The van der Waals surface area contributed by atoms with Gasteiger partial charge in [-0.15, -0.1) is 0 Å². The summed E-state index contributed by atoms with van der Waals surface area (Å²) in [6.45, 7) is 20.5. The van der Waals surface area contributed by atoms with Crippen LogP contribution < -0.4 is 0 Å². The molecule has 0 saturated heterocycles. The van der Waals surface area contributed by atoms with Gasteiger partial charge in [-0.3, -0.25) is 0 Å². The third-order valence-electron chi connectivity index (χ3n) is 3.26. The summed E-state index contributed by atoms with van der Waals surface area (Å²) < 4.78 is 32.7. The van der Waals surface area contributed by atoms with E-state index in [9.17, 15) is 0 Å². The molecule has 0 spiro atoms. The first-order valence-corrected chi connectivity index (χ1v) is 10.9. The highest BCUT2D eigenvalue weighted by atomic mass is 17.2. The molecule has 0 aliphatic heterocycles. The molecule has 0 radical (unpaired) electrons. The van der Waals surface area contributed by atoms with Gasteiger partial charge >= 0.3 is 0 Å². The Bertz CT molecular complexity index is 318. The Morgan fingerprint density at radius 3 is 0.833 bits per heavy atom. The van der Waals surface area contributed by atoms with Crippen LogP contribution in [-0.2, 0) is 38.2 Å². The zero-order chi connectivity index (χ0) is 22.6. The summed E-state index contributed by atoms with van der Waals surface area (Å²) in [5.41, 5.74) is 0.375. The minimum atomic E-state index is 0.188. The van der Waals surface area contributed by atoms with E-state index in [2.05, 4.69) is 41.5 Å². The summed E-state index contributed by atoms with van der Waals surface area (Å²) in [5, 5.41) is 0. The molecule has 0 aromatic heterocycles. The summed E-state index contributed by atoms with van der Waals surface area (Å²) in [4.78, 5) is 10.0. The van der Waals surface area contributed by atoms with Crippen LogP contribution in [0.25, 0.3) is 0 Å². The highest BCUT2D eigenvalue weighted by Gasteiger charge is 2.10. The van der Waals surface area contributed by atoms with Crippen molar-refractivity contribution < 1.29 is 38.2 Å². The molecule has 8 nitrogen and oxygen atoms in total. The van der Waals surface area contributed by atoms with Crippen LogP contribution in [0.2, 0.25) is 0 Å². The fraction of sp³-hybridized carbons (Fsp3) is 1.00. The van der Waals surface area contributed by atoms with E-state index in [0.717, 1.165) is 13.2 Å². The zero-order valence-electron chi connectivity index (χ0n) is 20.2. The Morgan fingerprint density at radius 1 is 0.333 bits per heavy atom. The van der Waals surface area contributed by atoms with Crippen LogP contribution in [-0.4, -0.2) is 92.5 Å². The second kappa shape index (κ2) is 19.4. The van der Waals surface area contributed by atoms with Crippen LogP contribution in [0.3, 0.4) is 0 Å². The molecule has 0 rings (SSSR count). The molecular weight excluding hydrogens is 392 g/mol. The first-order valence-electron chi connectivity index (χ1n) is 10.9. The zero-order valence-corrected chi connectivity index (χ0v) is 20.2. The first-order chi connectivity index (χ1) is 14.2. The van der Waals surface area contributed by atoms with E-state index in [1.807, 2.05) is 0 Å². The summed E-state index contributed by atoms with van der Waals surface area (Å²) in [6.07, 6.45) is 0. The quantitative estimate of drug-likeness (QED) is 0.154. The Balaban J connectivity index is 3.07. The SMILES string of the molecule is CC(C)(C)COCCOCCOCCOOCCOCCOCCOCC(C)(C)C. The van der Waals surface area contributed by atoms with Gasteiger partial charge in [0.2, 0.25) is 0 Å². The molecule has 0 saturated carbocycles. The van der Waals surface area contributed by atoms with Gasteiger partial charge in [-0.1, -0.05) is 41.5 Å². The monoisotopic (exact) mass is 438 g/mol. The average Bonchev–Trinajstić information content (AvgIpc) is 2.64. The van der Waals surface area contributed by atoms with Crippen LogP contribution >= 0.6 is 0 Å². The molecule has 0 atom stereocenters. The lowest BCUT2D eigenvalue weighted by Gasteiger charge is -2.17. The van der Waals surface area contributed by atoms with Gasteiger partial charge in [0.05, 0.1) is 79.3 Å². The van der Waals surface area contributed by atoms with Gasteiger partial charge in [-0.05, 0) is 10.8 Å². The van der Waals surface area contributed by atoms with Gasteiger partial charge in [0, 0.05) is 0 Å². The van der Waals surface area contributed by atoms with Crippen molar-refractivity contribution in [2.24, 2.45) is 10.8 Å². The highest BCUT2D eigenvalue weighted by Crippen LogP contribution is 2.13. The molecule has 8 heteroatoms. The summed E-state index contributed by atoms with van der Waals surface area (Å²) in [5.74, 6) is 0. The van der Waals surface area contributed by atoms with Crippen molar-refractivity contribution in [3.8, 4) is 0 Å². The van der Waals surface area contributed by atoms with Gasteiger partial charge in [0.15, 0.2) is 0 Å². The molecule has 0 N–H and O–H groups in total. The van der Waals surface area contributed by atoms with E-state index in [1.165, 1.54) is 0 Å². The Morgan fingerprint density at radius 2 is 0.567 bits per heavy atom. The fourth-order valence-corrected chi connectivity index (χ4v) is 1.94. The van der Waals surface area contributed by atoms with E-state index in [4.69, 9.17) is 38.2 Å². The van der Waals surface area contributed by atoms with Crippen molar-refractivity contribution in [1.29, 1.82) is 0 Å². The predicted molar refractivity (Wildman–Crippen MR) is 116 cm³/mol. The molecule has 0 aromatic carbocycles. The van der Waals surface area contributed by atoms with E-state index >= 15 is 0 Å². The third kappa shape index (κ3) is 27.7. The number of rotatable bonds is 21. The van der Waals surface area contributed by atoms with Crippen LogP contribution in [0.5, 0.6) is 0 Å². The maximum atomic E-state index is 5.52. The third-order valence-corrected chi connectivity index (χ3v) is 3.26. The van der Waals surface area contributed by atoms with Gasteiger partial charge in [-0.2, -0.15) is 0 Å². The summed E-state index contributed by atoms with van der Waals surface area (Å²) >= 11 is 0. The normalized spacial score (nSPS) is 12.6. The minimum Gasteiger partial charge on any atom is -0.379 e. The largest absolute Gasteiger partial charge is 0.379 e. The standard InChI is InChI=1S/C22H46O8/c1-21(2,3)19-27-13-11-23-7-9-25-15-17-29-30-18-16-26-10-8-24-12-14-28-20-22(4,5)6/h7-20H2,1-6H3. The van der Waals surface area contributed by atoms with Gasteiger partial charge in [0.1, 0.15) is 13.2 Å². The summed E-state index contributed by atoms with van der Waals surface area (Å²) in [7, 11) is 0. The van der Waals surface area contributed by atoms with Crippen molar-refractivity contribution >= 4 is 0 Å². The lowest BCUT2D eigenvalue weighted by molar-refractivity contribution is -0.303. The Hall–Kier alpha value is -0.320. The van der Waals surface area contributed by atoms with Gasteiger partial charge in [-0.25, -0.2) is 9.78 Å². The number of hydrogen-bond donors (Lipinski definition) is 0. The van der Waals surface area contributed by atoms with Crippen LogP contribution in [0.4, 0.5) is 0 Å². The highest BCUT2D eigenvalue weighted by molar-refractivity contribution is 4.59. The van der Waals surface area contributed by atoms with Crippen molar-refractivity contribution in [3.05, 3.63) is 0 Å². The molecule has 0 unspecified atom stereocenters. The number of hydrogen-bond acceptors (Lipinski definition) is 8. The smallest absolute Gasteiger partial charge is 0.106 e. The second-order valence-electron chi connectivity index (χ2n) is 9.32. The topological polar surface area (TPSA) is 73.8 Å². The van der Waals surface area contributed by atoms with Crippen molar-refractivity contribution in [2.45, 2.75) is 41.5 Å². The number of ether oxygens (including phenoxy) is 6. The average molecular weight is 439 g/mol. The van der Waals surface area contributed by atoms with E-state index in [0.29, 0.717) is 79.3 Å². The molecule has 182 valence electrons. The lowest BCUT2D eigenvalue weighted by atomic mass is 9.99. The molecule has 0 aromatic rings. The van der Waals surface area contributed by atoms with E-state index in [1.54, 1.807) is 0 Å². The van der Waals surface area contributed by atoms with Crippen molar-refractivity contribution in [3.63, 3.8) is 0 Å². The predicted octanol–water partition coefficient (Wildman–Crippen LogP) is 3.13. The van der Waals surface area contributed by atoms with Crippen LogP contribution in [0.1, 0.15) is 41.5 Å². The molecule has 0 amide bonds. The van der Waals surface area contributed by atoms with E-state index < -0.39 is 0 Å². The van der Waals surface area contributed by atoms with Gasteiger partial charge in [0.25, 0.3) is 0 Å². The molecular formula is C22H46O8. The molecule has 0 fully saturated rings. The molecule has 0 bridgehead atoms. The van der Waals surface area contributed by atoms with Crippen LogP contribution in [0.15, 0.2) is 0 Å². The Labute approximate surface area is 183 Å². The molecule has 0 heterocycles. The maximum Gasteiger partial charge on any atom is 0.106 e.